The van der Waals surface area contributed by atoms with Crippen LogP contribution in [0.2, 0.25) is 0 Å². The lowest BCUT2D eigenvalue weighted by Gasteiger charge is -2.19. The van der Waals surface area contributed by atoms with Crippen LogP contribution >= 0.6 is 0 Å². The predicted molar refractivity (Wildman–Crippen MR) is 82.9 cm³/mol. The third kappa shape index (κ3) is 2.02. The second-order valence-electron chi connectivity index (χ2n) is 5.34. The molecular weight excluding hydrogens is 262 g/mol. The van der Waals surface area contributed by atoms with Crippen LogP contribution in [0.5, 0.6) is 0 Å². The lowest BCUT2D eigenvalue weighted by atomic mass is 9.94. The molecule has 2 aromatic carbocycles. The van der Waals surface area contributed by atoms with Gasteiger partial charge in [-0.1, -0.05) is 30.3 Å². The summed E-state index contributed by atoms with van der Waals surface area (Å²) in [5, 5.41) is 4.31. The third-order valence-corrected chi connectivity index (χ3v) is 3.99. The van der Waals surface area contributed by atoms with E-state index in [9.17, 15) is 4.79 Å². The van der Waals surface area contributed by atoms with Crippen molar-refractivity contribution < 1.29 is 9.21 Å². The first kappa shape index (κ1) is 12.2. The summed E-state index contributed by atoms with van der Waals surface area (Å²) >= 11 is 0. The number of hydrogen-bond acceptors (Lipinski definition) is 3. The molecule has 0 bridgehead atoms. The lowest BCUT2D eigenvalue weighted by Crippen LogP contribution is -2.15. The highest BCUT2D eigenvalue weighted by molar-refractivity contribution is 6.10. The van der Waals surface area contributed by atoms with Crippen molar-refractivity contribution >= 4 is 22.4 Å². The first-order chi connectivity index (χ1) is 10.3. The number of furan rings is 1. The van der Waals surface area contributed by atoms with Crippen LogP contribution < -0.4 is 5.32 Å². The largest absolute Gasteiger partial charge is 0.453 e. The highest BCUT2D eigenvalue weighted by Crippen LogP contribution is 2.28. The van der Waals surface area contributed by atoms with Gasteiger partial charge < -0.3 is 9.73 Å². The zero-order chi connectivity index (χ0) is 14.2. The average Bonchev–Trinajstić information content (AvgIpc) is 2.97. The van der Waals surface area contributed by atoms with Gasteiger partial charge in [0, 0.05) is 23.2 Å². The summed E-state index contributed by atoms with van der Waals surface area (Å²) in [4.78, 5) is 12.8. The molecule has 0 unspecified atom stereocenters. The van der Waals surface area contributed by atoms with Crippen molar-refractivity contribution in [3.63, 3.8) is 0 Å². The Hall–Kier alpha value is -2.55. The van der Waals surface area contributed by atoms with Crippen molar-refractivity contribution in [2.75, 3.05) is 11.9 Å². The molecule has 1 aliphatic heterocycles. The van der Waals surface area contributed by atoms with E-state index < -0.39 is 0 Å². The molecule has 0 fully saturated rings. The Labute approximate surface area is 122 Å². The van der Waals surface area contributed by atoms with E-state index in [2.05, 4.69) is 5.32 Å². The summed E-state index contributed by atoms with van der Waals surface area (Å²) in [5.74, 6) is 0.377. The minimum absolute atomic E-state index is 0.0354. The number of carbonyl (C=O) groups excluding carboxylic acids is 1. The second kappa shape index (κ2) is 4.77. The molecule has 1 aliphatic rings. The molecule has 0 saturated heterocycles. The monoisotopic (exact) mass is 277 g/mol. The van der Waals surface area contributed by atoms with Crippen LogP contribution in [0, 0.1) is 0 Å². The number of carbonyl (C=O) groups is 1. The molecule has 3 heteroatoms. The Kier molecular flexibility index (Phi) is 2.78. The number of para-hydroxylation sites is 1. The number of anilines is 1. The summed E-state index contributed by atoms with van der Waals surface area (Å²) in [5.41, 5.74) is 3.68. The van der Waals surface area contributed by atoms with Crippen LogP contribution in [0.25, 0.3) is 11.0 Å². The molecule has 0 aliphatic carbocycles. The number of benzene rings is 2. The van der Waals surface area contributed by atoms with Gasteiger partial charge in [0.25, 0.3) is 0 Å². The number of hydrogen-bond donors (Lipinski definition) is 1. The fraction of sp³-hybridized carbons (Fsp3) is 0.167. The molecule has 0 saturated carbocycles. The van der Waals surface area contributed by atoms with Crippen molar-refractivity contribution in [1.29, 1.82) is 0 Å². The Morgan fingerprint density at radius 1 is 1.10 bits per heavy atom. The van der Waals surface area contributed by atoms with Gasteiger partial charge in [0.1, 0.15) is 5.58 Å². The maximum Gasteiger partial charge on any atom is 0.228 e. The minimum atomic E-state index is -0.0354. The van der Waals surface area contributed by atoms with Crippen LogP contribution in [0.1, 0.15) is 28.1 Å². The fourth-order valence-electron chi connectivity index (χ4n) is 2.95. The summed E-state index contributed by atoms with van der Waals surface area (Å²) in [6.45, 7) is 0.968. The minimum Gasteiger partial charge on any atom is -0.453 e. The standard InChI is InChI=1S/C18H15NO2/c20-18(17-11-12-5-1-2-9-16(12)21-17)14-6-3-8-15-13(14)7-4-10-19-15/h1-3,5-6,8-9,11,19H,4,7,10H2. The van der Waals surface area contributed by atoms with Gasteiger partial charge in [-0.25, -0.2) is 0 Å². The molecule has 104 valence electrons. The van der Waals surface area contributed by atoms with Crippen LogP contribution in [-0.2, 0) is 6.42 Å². The SMILES string of the molecule is O=C(c1cc2ccccc2o1)c1cccc2c1CCCN2. The van der Waals surface area contributed by atoms with E-state index in [0.29, 0.717) is 5.76 Å². The lowest BCUT2D eigenvalue weighted by molar-refractivity contribution is 0.101. The highest BCUT2D eigenvalue weighted by Gasteiger charge is 2.21. The quantitative estimate of drug-likeness (QED) is 0.719. The Balaban J connectivity index is 1.81. The van der Waals surface area contributed by atoms with Crippen LogP contribution in [0.15, 0.2) is 52.9 Å². The average molecular weight is 277 g/mol. The van der Waals surface area contributed by atoms with Gasteiger partial charge in [-0.15, -0.1) is 0 Å². The second-order valence-corrected chi connectivity index (χ2v) is 5.34. The molecule has 21 heavy (non-hydrogen) atoms. The van der Waals surface area contributed by atoms with E-state index in [-0.39, 0.29) is 5.78 Å². The van der Waals surface area contributed by atoms with Gasteiger partial charge in [0.2, 0.25) is 5.78 Å². The van der Waals surface area contributed by atoms with Crippen molar-refractivity contribution in [3.8, 4) is 0 Å². The Morgan fingerprint density at radius 2 is 2.00 bits per heavy atom. The van der Waals surface area contributed by atoms with Crippen LogP contribution in [0.3, 0.4) is 0 Å². The van der Waals surface area contributed by atoms with Gasteiger partial charge in [-0.3, -0.25) is 4.79 Å². The maximum absolute atomic E-state index is 12.8. The predicted octanol–water partition coefficient (Wildman–Crippen LogP) is 4.02. The van der Waals surface area contributed by atoms with Crippen molar-refractivity contribution in [2.24, 2.45) is 0 Å². The maximum atomic E-state index is 12.8. The number of fused-ring (bicyclic) bond motifs is 2. The normalized spacial score (nSPS) is 13.7. The molecule has 0 amide bonds. The summed E-state index contributed by atoms with van der Waals surface area (Å²) in [6, 6.07) is 15.4. The number of ketones is 1. The molecule has 0 atom stereocenters. The molecule has 4 rings (SSSR count). The summed E-state index contributed by atoms with van der Waals surface area (Å²) in [6.07, 6.45) is 1.99. The van der Waals surface area contributed by atoms with E-state index in [0.717, 1.165) is 47.2 Å². The van der Waals surface area contributed by atoms with E-state index in [1.807, 2.05) is 48.5 Å². The van der Waals surface area contributed by atoms with Gasteiger partial charge in [-0.2, -0.15) is 0 Å². The van der Waals surface area contributed by atoms with Gasteiger partial charge >= 0.3 is 0 Å². The Morgan fingerprint density at radius 3 is 2.90 bits per heavy atom. The van der Waals surface area contributed by atoms with Crippen molar-refractivity contribution in [1.82, 2.24) is 0 Å². The van der Waals surface area contributed by atoms with Crippen molar-refractivity contribution in [2.45, 2.75) is 12.8 Å². The van der Waals surface area contributed by atoms with Crippen LogP contribution in [-0.4, -0.2) is 12.3 Å². The van der Waals surface area contributed by atoms with Gasteiger partial charge in [0.05, 0.1) is 0 Å². The molecular formula is C18H15NO2. The van der Waals surface area contributed by atoms with E-state index in [1.54, 1.807) is 0 Å². The Bertz CT molecular complexity index is 799. The van der Waals surface area contributed by atoms with Gasteiger partial charge in [-0.05, 0) is 36.6 Å². The number of nitrogens with one attached hydrogen (secondary N) is 1. The zero-order valence-corrected chi connectivity index (χ0v) is 11.6. The molecule has 3 aromatic rings. The smallest absolute Gasteiger partial charge is 0.228 e. The fourth-order valence-corrected chi connectivity index (χ4v) is 2.95. The summed E-state index contributed by atoms with van der Waals surface area (Å²) < 4.78 is 5.71. The summed E-state index contributed by atoms with van der Waals surface area (Å²) in [7, 11) is 0. The number of rotatable bonds is 2. The first-order valence-corrected chi connectivity index (χ1v) is 7.22. The molecule has 0 spiro atoms. The molecule has 1 N–H and O–H groups in total. The molecule has 0 radical (unpaired) electrons. The van der Waals surface area contributed by atoms with Crippen molar-refractivity contribution in [3.05, 3.63) is 65.4 Å². The topological polar surface area (TPSA) is 42.2 Å². The molecule has 2 heterocycles. The third-order valence-electron chi connectivity index (χ3n) is 3.99. The van der Waals surface area contributed by atoms with E-state index in [1.165, 1.54) is 0 Å². The highest BCUT2D eigenvalue weighted by atomic mass is 16.3. The van der Waals surface area contributed by atoms with E-state index in [4.69, 9.17) is 4.42 Å². The van der Waals surface area contributed by atoms with Crippen LogP contribution in [0.4, 0.5) is 5.69 Å². The first-order valence-electron chi connectivity index (χ1n) is 7.22. The van der Waals surface area contributed by atoms with Gasteiger partial charge in [0.15, 0.2) is 5.76 Å². The molecule has 3 nitrogen and oxygen atoms in total. The molecule has 1 aromatic heterocycles. The van der Waals surface area contributed by atoms with E-state index >= 15 is 0 Å². The zero-order valence-electron chi connectivity index (χ0n) is 11.6.